The van der Waals surface area contributed by atoms with Crippen LogP contribution in [0, 0.1) is 0 Å². The highest BCUT2D eigenvalue weighted by molar-refractivity contribution is 5.80. The predicted molar refractivity (Wildman–Crippen MR) is 74.0 cm³/mol. The third-order valence-electron chi connectivity index (χ3n) is 3.73. The van der Waals surface area contributed by atoms with Crippen LogP contribution in [0.2, 0.25) is 0 Å². The van der Waals surface area contributed by atoms with Crippen LogP contribution in [0.15, 0.2) is 30.5 Å². The third-order valence-corrected chi connectivity index (χ3v) is 3.73. The standard InChI is InChI=1S/C15H20N2O/c1-11(2)17-8-6-14(10-17)18-13-3-4-15-12(9-13)5-7-16-15/h3-5,7,9,11,14,16H,6,8,10H2,1-2H3/t14-/m0/s1. The number of likely N-dealkylation sites (tertiary alicyclic amines) is 1. The van der Waals surface area contributed by atoms with E-state index in [-0.39, 0.29) is 0 Å². The van der Waals surface area contributed by atoms with Crippen LogP contribution in [0.4, 0.5) is 0 Å². The number of hydrogen-bond donors (Lipinski definition) is 1. The first kappa shape index (κ1) is 11.6. The summed E-state index contributed by atoms with van der Waals surface area (Å²) in [4.78, 5) is 5.67. The van der Waals surface area contributed by atoms with Crippen LogP contribution >= 0.6 is 0 Å². The molecule has 1 fully saturated rings. The number of hydrogen-bond acceptors (Lipinski definition) is 2. The van der Waals surface area contributed by atoms with E-state index in [1.807, 2.05) is 6.20 Å². The van der Waals surface area contributed by atoms with Gasteiger partial charge in [0.2, 0.25) is 0 Å². The summed E-state index contributed by atoms with van der Waals surface area (Å²) >= 11 is 0. The summed E-state index contributed by atoms with van der Waals surface area (Å²) in [5.41, 5.74) is 1.16. The van der Waals surface area contributed by atoms with E-state index in [1.54, 1.807) is 0 Å². The Morgan fingerprint density at radius 2 is 2.22 bits per heavy atom. The van der Waals surface area contributed by atoms with Gasteiger partial charge in [-0.15, -0.1) is 0 Å². The number of fused-ring (bicyclic) bond motifs is 1. The molecule has 0 radical (unpaired) electrons. The summed E-state index contributed by atoms with van der Waals surface area (Å²) in [5, 5.41) is 1.21. The van der Waals surface area contributed by atoms with E-state index < -0.39 is 0 Å². The van der Waals surface area contributed by atoms with Gasteiger partial charge in [-0.05, 0) is 44.5 Å². The van der Waals surface area contributed by atoms with E-state index in [1.165, 1.54) is 5.39 Å². The normalized spacial score (nSPS) is 20.9. The lowest BCUT2D eigenvalue weighted by molar-refractivity contribution is 0.187. The first-order valence-electron chi connectivity index (χ1n) is 6.70. The summed E-state index contributed by atoms with van der Waals surface area (Å²) in [5.74, 6) is 0.984. The minimum atomic E-state index is 0.337. The van der Waals surface area contributed by atoms with Gasteiger partial charge in [0, 0.05) is 36.2 Å². The number of aromatic nitrogens is 1. The number of aromatic amines is 1. The number of benzene rings is 1. The van der Waals surface area contributed by atoms with Crippen molar-refractivity contribution in [1.82, 2.24) is 9.88 Å². The molecule has 3 heteroatoms. The molecule has 2 aromatic rings. The van der Waals surface area contributed by atoms with Gasteiger partial charge in [0.25, 0.3) is 0 Å². The molecule has 1 saturated heterocycles. The van der Waals surface area contributed by atoms with Crippen molar-refractivity contribution in [3.8, 4) is 5.75 Å². The number of H-pyrrole nitrogens is 1. The van der Waals surface area contributed by atoms with Crippen LogP contribution in [0.3, 0.4) is 0 Å². The molecule has 0 amide bonds. The Morgan fingerprint density at radius 3 is 3.00 bits per heavy atom. The zero-order chi connectivity index (χ0) is 12.5. The van der Waals surface area contributed by atoms with Gasteiger partial charge >= 0.3 is 0 Å². The highest BCUT2D eigenvalue weighted by Gasteiger charge is 2.25. The van der Waals surface area contributed by atoms with E-state index >= 15 is 0 Å². The fraction of sp³-hybridized carbons (Fsp3) is 0.467. The van der Waals surface area contributed by atoms with E-state index in [0.29, 0.717) is 12.1 Å². The molecule has 1 aromatic carbocycles. The van der Waals surface area contributed by atoms with E-state index in [2.05, 4.69) is 48.0 Å². The SMILES string of the molecule is CC(C)N1CC[C@H](Oc2ccc3[nH]ccc3c2)C1. The molecule has 1 aromatic heterocycles. The van der Waals surface area contributed by atoms with E-state index in [9.17, 15) is 0 Å². The van der Waals surface area contributed by atoms with Gasteiger partial charge in [-0.3, -0.25) is 4.90 Å². The number of nitrogens with zero attached hydrogens (tertiary/aromatic N) is 1. The maximum atomic E-state index is 6.08. The molecule has 0 unspecified atom stereocenters. The third kappa shape index (κ3) is 2.23. The largest absolute Gasteiger partial charge is 0.489 e. The molecule has 1 atom stereocenters. The zero-order valence-electron chi connectivity index (χ0n) is 11.0. The van der Waals surface area contributed by atoms with Crippen LogP contribution < -0.4 is 4.74 Å². The van der Waals surface area contributed by atoms with Crippen LogP contribution in [0.5, 0.6) is 5.75 Å². The lowest BCUT2D eigenvalue weighted by Gasteiger charge is -2.20. The van der Waals surface area contributed by atoms with Crippen LogP contribution in [-0.4, -0.2) is 35.1 Å². The maximum Gasteiger partial charge on any atom is 0.120 e. The van der Waals surface area contributed by atoms with Crippen LogP contribution in [0.25, 0.3) is 10.9 Å². The highest BCUT2D eigenvalue weighted by atomic mass is 16.5. The molecule has 0 saturated carbocycles. The lowest BCUT2D eigenvalue weighted by atomic mass is 10.2. The van der Waals surface area contributed by atoms with Gasteiger partial charge in [-0.2, -0.15) is 0 Å². The van der Waals surface area contributed by atoms with Crippen LogP contribution in [-0.2, 0) is 0 Å². The van der Waals surface area contributed by atoms with Crippen molar-refractivity contribution < 1.29 is 4.74 Å². The highest BCUT2D eigenvalue weighted by Crippen LogP contribution is 2.23. The fourth-order valence-corrected chi connectivity index (χ4v) is 2.62. The fourth-order valence-electron chi connectivity index (χ4n) is 2.62. The molecular weight excluding hydrogens is 224 g/mol. The predicted octanol–water partition coefficient (Wildman–Crippen LogP) is 3.03. The number of nitrogens with one attached hydrogen (secondary N) is 1. The summed E-state index contributed by atoms with van der Waals surface area (Å²) in [6.45, 7) is 6.68. The Hall–Kier alpha value is -1.48. The minimum absolute atomic E-state index is 0.337. The van der Waals surface area contributed by atoms with Gasteiger partial charge in [-0.1, -0.05) is 0 Å². The van der Waals surface area contributed by atoms with Gasteiger partial charge < -0.3 is 9.72 Å². The molecule has 18 heavy (non-hydrogen) atoms. The molecule has 1 aliphatic heterocycles. The van der Waals surface area contributed by atoms with Crippen LogP contribution in [0.1, 0.15) is 20.3 Å². The lowest BCUT2D eigenvalue weighted by Crippen LogP contribution is -2.30. The monoisotopic (exact) mass is 244 g/mol. The number of rotatable bonds is 3. The molecule has 0 spiro atoms. The Labute approximate surface area is 108 Å². The van der Waals surface area contributed by atoms with Crippen molar-refractivity contribution in [3.63, 3.8) is 0 Å². The molecule has 0 bridgehead atoms. The second-order valence-electron chi connectivity index (χ2n) is 5.34. The molecule has 3 rings (SSSR count). The van der Waals surface area contributed by atoms with Crippen molar-refractivity contribution >= 4 is 10.9 Å². The van der Waals surface area contributed by atoms with Gasteiger partial charge in [0.1, 0.15) is 11.9 Å². The molecule has 1 N–H and O–H groups in total. The molecular formula is C15H20N2O. The summed E-state index contributed by atoms with van der Waals surface area (Å²) in [7, 11) is 0. The van der Waals surface area contributed by atoms with Crippen molar-refractivity contribution in [1.29, 1.82) is 0 Å². The zero-order valence-corrected chi connectivity index (χ0v) is 11.0. The van der Waals surface area contributed by atoms with E-state index in [4.69, 9.17) is 4.74 Å². The first-order chi connectivity index (χ1) is 8.72. The molecule has 3 nitrogen and oxygen atoms in total. The van der Waals surface area contributed by atoms with Gasteiger partial charge in [0.15, 0.2) is 0 Å². The topological polar surface area (TPSA) is 28.3 Å². The molecule has 1 aliphatic rings. The van der Waals surface area contributed by atoms with Crippen molar-refractivity contribution in [3.05, 3.63) is 30.5 Å². The number of ether oxygens (including phenoxy) is 1. The molecule has 2 heterocycles. The van der Waals surface area contributed by atoms with Crippen molar-refractivity contribution in [2.75, 3.05) is 13.1 Å². The maximum absolute atomic E-state index is 6.08. The van der Waals surface area contributed by atoms with Crippen molar-refractivity contribution in [2.24, 2.45) is 0 Å². The first-order valence-corrected chi connectivity index (χ1v) is 6.70. The minimum Gasteiger partial charge on any atom is -0.489 e. The van der Waals surface area contributed by atoms with Gasteiger partial charge in [0.05, 0.1) is 0 Å². The average molecular weight is 244 g/mol. The summed E-state index contributed by atoms with van der Waals surface area (Å²) in [6.07, 6.45) is 3.43. The Bertz CT molecular complexity index is 532. The molecule has 96 valence electrons. The smallest absolute Gasteiger partial charge is 0.120 e. The van der Waals surface area contributed by atoms with Crippen molar-refractivity contribution in [2.45, 2.75) is 32.4 Å². The Balaban J connectivity index is 1.69. The van der Waals surface area contributed by atoms with Gasteiger partial charge in [-0.25, -0.2) is 0 Å². The second-order valence-corrected chi connectivity index (χ2v) is 5.34. The van der Waals surface area contributed by atoms with E-state index in [0.717, 1.165) is 30.8 Å². The Kier molecular flexibility index (Phi) is 3.00. The summed E-state index contributed by atoms with van der Waals surface area (Å²) < 4.78 is 6.08. The quantitative estimate of drug-likeness (QED) is 0.899. The second kappa shape index (κ2) is 4.65. The summed E-state index contributed by atoms with van der Waals surface area (Å²) in [6, 6.07) is 8.95. The molecule has 0 aliphatic carbocycles. The average Bonchev–Trinajstić information content (AvgIpc) is 2.96. The Morgan fingerprint density at radius 1 is 1.33 bits per heavy atom.